The summed E-state index contributed by atoms with van der Waals surface area (Å²) in [5, 5.41) is 0. The summed E-state index contributed by atoms with van der Waals surface area (Å²) in [6.07, 6.45) is 2.05. The zero-order valence-electron chi connectivity index (χ0n) is 22.8. The van der Waals surface area contributed by atoms with E-state index < -0.39 is 22.8 Å². The maximum atomic E-state index is 13.3. The normalized spacial score (nSPS) is 14.3. The molecule has 0 saturated carbocycles. The predicted octanol–water partition coefficient (Wildman–Crippen LogP) is 7.16. The lowest BCUT2D eigenvalue weighted by molar-refractivity contribution is -0.153. The summed E-state index contributed by atoms with van der Waals surface area (Å²) in [7, 11) is 0. The fourth-order valence-electron chi connectivity index (χ4n) is 5.98. The second-order valence-electron chi connectivity index (χ2n) is 10.4. The molecule has 0 N–H and O–H groups in total. The van der Waals surface area contributed by atoms with E-state index in [0.717, 1.165) is 33.4 Å². The van der Waals surface area contributed by atoms with Crippen LogP contribution in [0.5, 0.6) is 0 Å². The van der Waals surface area contributed by atoms with Crippen LogP contribution in [0.2, 0.25) is 0 Å². The Labute approximate surface area is 230 Å². The van der Waals surface area contributed by atoms with Crippen LogP contribution < -0.4 is 4.90 Å². The van der Waals surface area contributed by atoms with E-state index in [1.807, 2.05) is 44.2 Å². The van der Waals surface area contributed by atoms with Crippen LogP contribution in [-0.4, -0.2) is 24.0 Å². The zero-order valence-corrected chi connectivity index (χ0v) is 22.8. The molecule has 0 saturated heterocycles. The number of nitrogens with zero attached hydrogens (tertiary/aromatic N) is 1. The quantitative estimate of drug-likeness (QED) is 0.161. The second-order valence-corrected chi connectivity index (χ2v) is 10.4. The highest BCUT2D eigenvalue weighted by atomic mass is 16.5. The van der Waals surface area contributed by atoms with Gasteiger partial charge in [-0.2, -0.15) is 0 Å². The zero-order chi connectivity index (χ0) is 27.6. The van der Waals surface area contributed by atoms with Crippen molar-refractivity contribution >= 4 is 23.1 Å². The van der Waals surface area contributed by atoms with Crippen molar-refractivity contribution in [3.05, 3.63) is 143 Å². The Kier molecular flexibility index (Phi) is 6.96. The van der Waals surface area contributed by atoms with Crippen molar-refractivity contribution in [3.63, 3.8) is 0 Å². The number of benzene rings is 4. The fourth-order valence-corrected chi connectivity index (χ4v) is 5.98. The Morgan fingerprint density at radius 2 is 1.23 bits per heavy atom. The first-order valence-corrected chi connectivity index (χ1v) is 13.3. The number of hydrogen-bond donors (Lipinski definition) is 0. The predicted molar refractivity (Wildman–Crippen MR) is 157 cm³/mol. The van der Waals surface area contributed by atoms with Crippen LogP contribution >= 0.6 is 0 Å². The minimum atomic E-state index is -0.847. The summed E-state index contributed by atoms with van der Waals surface area (Å²) in [5.74, 6) is -1.51. The lowest BCUT2D eigenvalue weighted by atomic mass is 9.64. The molecule has 0 aliphatic carbocycles. The molecule has 4 nitrogen and oxygen atoms in total. The summed E-state index contributed by atoms with van der Waals surface area (Å²) in [5.41, 5.74) is 5.84. The average Bonchev–Trinajstić information content (AvgIpc) is 2.95. The molecule has 5 rings (SSSR count). The SMILES string of the molecule is CCOC(=O)C(=O)N1c2ccc(C(c3ccccc3)(c3ccccc3)c3ccccc3)cc2C(C)=CC1(C)C. The molecule has 1 aliphatic rings. The van der Waals surface area contributed by atoms with Gasteiger partial charge in [0.1, 0.15) is 0 Å². The molecule has 0 fully saturated rings. The third-order valence-electron chi connectivity index (χ3n) is 7.51. The maximum Gasteiger partial charge on any atom is 0.397 e. The molecule has 0 atom stereocenters. The largest absolute Gasteiger partial charge is 0.459 e. The lowest BCUT2D eigenvalue weighted by Gasteiger charge is -2.42. The van der Waals surface area contributed by atoms with Crippen LogP contribution in [0.1, 0.15) is 55.5 Å². The first-order chi connectivity index (χ1) is 18.8. The topological polar surface area (TPSA) is 46.6 Å². The smallest absolute Gasteiger partial charge is 0.397 e. The van der Waals surface area contributed by atoms with Crippen molar-refractivity contribution in [1.82, 2.24) is 0 Å². The van der Waals surface area contributed by atoms with Gasteiger partial charge in [0.15, 0.2) is 0 Å². The van der Waals surface area contributed by atoms with Crippen molar-refractivity contribution in [1.29, 1.82) is 0 Å². The molecule has 0 radical (unpaired) electrons. The number of carbonyl (C=O) groups excluding carboxylic acids is 2. The molecule has 0 spiro atoms. The minimum Gasteiger partial charge on any atom is -0.459 e. The third kappa shape index (κ3) is 4.46. The molecule has 0 unspecified atom stereocenters. The molecule has 39 heavy (non-hydrogen) atoms. The average molecular weight is 516 g/mol. The van der Waals surface area contributed by atoms with Crippen LogP contribution in [0.25, 0.3) is 5.57 Å². The van der Waals surface area contributed by atoms with Gasteiger partial charge in [-0.15, -0.1) is 0 Å². The van der Waals surface area contributed by atoms with Gasteiger partial charge in [0.25, 0.3) is 0 Å². The summed E-state index contributed by atoms with van der Waals surface area (Å²) in [6.45, 7) is 7.78. The van der Waals surface area contributed by atoms with E-state index in [1.54, 1.807) is 11.8 Å². The molecule has 4 aromatic rings. The summed E-state index contributed by atoms with van der Waals surface area (Å²) in [4.78, 5) is 27.5. The monoisotopic (exact) mass is 515 g/mol. The van der Waals surface area contributed by atoms with Crippen molar-refractivity contribution < 1.29 is 14.3 Å². The Morgan fingerprint density at radius 3 is 1.69 bits per heavy atom. The van der Waals surface area contributed by atoms with Crippen molar-refractivity contribution in [3.8, 4) is 0 Å². The number of esters is 1. The Bertz CT molecular complexity index is 1430. The molecule has 196 valence electrons. The summed E-state index contributed by atoms with van der Waals surface area (Å²) >= 11 is 0. The minimum absolute atomic E-state index is 0.146. The van der Waals surface area contributed by atoms with Gasteiger partial charge in [-0.1, -0.05) is 103 Å². The van der Waals surface area contributed by atoms with E-state index in [1.165, 1.54) is 0 Å². The Balaban J connectivity index is 1.80. The molecular weight excluding hydrogens is 482 g/mol. The summed E-state index contributed by atoms with van der Waals surface area (Å²) in [6, 6.07) is 37.8. The highest BCUT2D eigenvalue weighted by Gasteiger charge is 2.42. The lowest BCUT2D eigenvalue weighted by Crippen LogP contribution is -2.52. The van der Waals surface area contributed by atoms with E-state index >= 15 is 0 Å². The van der Waals surface area contributed by atoms with Crippen LogP contribution in [0, 0.1) is 0 Å². The van der Waals surface area contributed by atoms with Crippen molar-refractivity contribution in [2.75, 3.05) is 11.5 Å². The number of rotatable bonds is 5. The number of fused-ring (bicyclic) bond motifs is 1. The van der Waals surface area contributed by atoms with Gasteiger partial charge >= 0.3 is 11.9 Å². The molecule has 1 amide bonds. The number of anilines is 1. The first kappa shape index (κ1) is 26.2. The van der Waals surface area contributed by atoms with Gasteiger partial charge in [0.2, 0.25) is 0 Å². The van der Waals surface area contributed by atoms with Crippen molar-refractivity contribution in [2.45, 2.75) is 38.6 Å². The van der Waals surface area contributed by atoms with Gasteiger partial charge < -0.3 is 4.74 Å². The van der Waals surface area contributed by atoms with Crippen LogP contribution in [0.3, 0.4) is 0 Å². The number of carbonyl (C=O) groups is 2. The molecule has 1 heterocycles. The van der Waals surface area contributed by atoms with Gasteiger partial charge in [-0.05, 0) is 67.7 Å². The number of allylic oxidation sites excluding steroid dienone is 1. The molecular formula is C35H33NO3. The third-order valence-corrected chi connectivity index (χ3v) is 7.51. The standard InChI is InChI=1S/C35H33NO3/c1-5-39-33(38)32(37)36-31-22-21-29(23-30(31)25(2)24-34(36,3)4)35(26-15-9-6-10-16-26,27-17-11-7-12-18-27)28-19-13-8-14-20-28/h6-24H,5H2,1-4H3. The highest BCUT2D eigenvalue weighted by Crippen LogP contribution is 2.48. The molecule has 4 heteroatoms. The van der Waals surface area contributed by atoms with Crippen molar-refractivity contribution in [2.24, 2.45) is 0 Å². The van der Waals surface area contributed by atoms with E-state index in [9.17, 15) is 9.59 Å². The van der Waals surface area contributed by atoms with Gasteiger partial charge in [0.05, 0.1) is 23.2 Å². The number of ether oxygens (including phenoxy) is 1. The Morgan fingerprint density at radius 1 is 0.744 bits per heavy atom. The van der Waals surface area contributed by atoms with Gasteiger partial charge in [-0.3, -0.25) is 9.69 Å². The van der Waals surface area contributed by atoms with Crippen LogP contribution in [-0.2, 0) is 19.7 Å². The summed E-state index contributed by atoms with van der Waals surface area (Å²) < 4.78 is 5.09. The number of amides is 1. The van der Waals surface area contributed by atoms with Gasteiger partial charge in [-0.25, -0.2) is 4.79 Å². The molecule has 1 aliphatic heterocycles. The van der Waals surface area contributed by atoms with Gasteiger partial charge in [0, 0.05) is 5.56 Å². The molecule has 4 aromatic carbocycles. The highest BCUT2D eigenvalue weighted by molar-refractivity contribution is 6.39. The van der Waals surface area contributed by atoms with E-state index in [2.05, 4.69) is 91.9 Å². The number of hydrogen-bond acceptors (Lipinski definition) is 3. The maximum absolute atomic E-state index is 13.3. The second kappa shape index (κ2) is 10.4. The first-order valence-electron chi connectivity index (χ1n) is 13.3. The van der Waals surface area contributed by atoms with E-state index in [-0.39, 0.29) is 6.61 Å². The van der Waals surface area contributed by atoms with E-state index in [0.29, 0.717) is 5.69 Å². The fraction of sp³-hybridized carbons (Fsp3) is 0.200. The van der Waals surface area contributed by atoms with Crippen LogP contribution in [0.4, 0.5) is 5.69 Å². The molecule has 0 aromatic heterocycles. The van der Waals surface area contributed by atoms with E-state index in [4.69, 9.17) is 4.74 Å². The Hall–Kier alpha value is -4.44. The van der Waals surface area contributed by atoms with Crippen LogP contribution in [0.15, 0.2) is 115 Å². The molecule has 0 bridgehead atoms.